The Morgan fingerprint density at radius 3 is 2.36 bits per heavy atom. The van der Waals surface area contributed by atoms with E-state index in [0.717, 1.165) is 16.7 Å². The fourth-order valence-electron chi connectivity index (χ4n) is 3.46. The van der Waals surface area contributed by atoms with Crippen LogP contribution < -0.4 is 15.0 Å². The van der Waals surface area contributed by atoms with E-state index in [1.54, 1.807) is 7.11 Å². The molecular formula is C20H22N2O3. The second-order valence-corrected chi connectivity index (χ2v) is 6.42. The summed E-state index contributed by atoms with van der Waals surface area (Å²) in [5, 5.41) is 3.15. The number of rotatable bonds is 4. The fourth-order valence-corrected chi connectivity index (χ4v) is 3.46. The van der Waals surface area contributed by atoms with Crippen LogP contribution in [0, 0.1) is 20.8 Å². The van der Waals surface area contributed by atoms with Crippen LogP contribution in [0.2, 0.25) is 0 Å². The lowest BCUT2D eigenvalue weighted by Crippen LogP contribution is -2.35. The van der Waals surface area contributed by atoms with E-state index < -0.39 is 6.04 Å². The lowest BCUT2D eigenvalue weighted by molar-refractivity contribution is -0.121. The van der Waals surface area contributed by atoms with Gasteiger partial charge in [-0.3, -0.25) is 9.59 Å². The van der Waals surface area contributed by atoms with Gasteiger partial charge in [-0.25, -0.2) is 4.90 Å². The van der Waals surface area contributed by atoms with Crippen LogP contribution in [0.5, 0.6) is 5.75 Å². The van der Waals surface area contributed by atoms with Crippen molar-refractivity contribution in [1.29, 1.82) is 0 Å². The number of carbonyl (C=O) groups is 2. The molecule has 1 aliphatic heterocycles. The number of anilines is 2. The predicted octanol–water partition coefficient (Wildman–Crippen LogP) is 3.36. The summed E-state index contributed by atoms with van der Waals surface area (Å²) in [5.74, 6) is 0.224. The number of imide groups is 1. The Labute approximate surface area is 147 Å². The van der Waals surface area contributed by atoms with E-state index in [-0.39, 0.29) is 18.2 Å². The Morgan fingerprint density at radius 1 is 1.08 bits per heavy atom. The first-order chi connectivity index (χ1) is 11.9. The zero-order valence-corrected chi connectivity index (χ0v) is 14.9. The Hall–Kier alpha value is -2.82. The summed E-state index contributed by atoms with van der Waals surface area (Å²) in [5.41, 5.74) is 4.37. The van der Waals surface area contributed by atoms with Crippen LogP contribution in [-0.2, 0) is 9.59 Å². The fraction of sp³-hybridized carbons (Fsp3) is 0.300. The number of hydrogen-bond donors (Lipinski definition) is 1. The van der Waals surface area contributed by atoms with Crippen molar-refractivity contribution >= 4 is 23.2 Å². The highest BCUT2D eigenvalue weighted by Gasteiger charge is 2.41. The quantitative estimate of drug-likeness (QED) is 0.869. The molecule has 2 aromatic carbocycles. The van der Waals surface area contributed by atoms with Crippen LogP contribution >= 0.6 is 0 Å². The molecule has 2 amide bonds. The molecule has 1 aliphatic rings. The van der Waals surface area contributed by atoms with Crippen LogP contribution in [0.1, 0.15) is 23.1 Å². The Bertz CT molecular complexity index is 822. The molecule has 0 bridgehead atoms. The monoisotopic (exact) mass is 338 g/mol. The van der Waals surface area contributed by atoms with Gasteiger partial charge in [0.1, 0.15) is 11.8 Å². The summed E-state index contributed by atoms with van der Waals surface area (Å²) in [6, 6.07) is 10.8. The number of methoxy groups -OCH3 is 1. The third-order valence-electron chi connectivity index (χ3n) is 4.44. The van der Waals surface area contributed by atoms with E-state index in [1.807, 2.05) is 57.2 Å². The molecule has 1 N–H and O–H groups in total. The average molecular weight is 338 g/mol. The molecule has 1 atom stereocenters. The first kappa shape index (κ1) is 17.0. The Morgan fingerprint density at radius 2 is 1.72 bits per heavy atom. The molecular weight excluding hydrogens is 316 g/mol. The van der Waals surface area contributed by atoms with Gasteiger partial charge in [0.2, 0.25) is 5.91 Å². The predicted molar refractivity (Wildman–Crippen MR) is 98.2 cm³/mol. The van der Waals surface area contributed by atoms with E-state index in [4.69, 9.17) is 4.74 Å². The van der Waals surface area contributed by atoms with Gasteiger partial charge in [0.05, 0.1) is 24.9 Å². The third-order valence-corrected chi connectivity index (χ3v) is 4.44. The number of amides is 2. The van der Waals surface area contributed by atoms with E-state index in [0.29, 0.717) is 17.1 Å². The smallest absolute Gasteiger partial charge is 0.256 e. The minimum Gasteiger partial charge on any atom is -0.495 e. The second-order valence-electron chi connectivity index (χ2n) is 6.42. The molecule has 1 fully saturated rings. The number of benzene rings is 2. The number of para-hydroxylation sites is 2. The highest BCUT2D eigenvalue weighted by atomic mass is 16.5. The molecule has 1 saturated heterocycles. The van der Waals surface area contributed by atoms with E-state index in [1.165, 1.54) is 4.90 Å². The van der Waals surface area contributed by atoms with Crippen molar-refractivity contribution in [3.8, 4) is 5.75 Å². The van der Waals surface area contributed by atoms with Gasteiger partial charge in [-0.1, -0.05) is 29.8 Å². The van der Waals surface area contributed by atoms with Crippen LogP contribution in [0.3, 0.4) is 0 Å². The molecule has 0 aromatic heterocycles. The molecule has 130 valence electrons. The van der Waals surface area contributed by atoms with Gasteiger partial charge in [-0.15, -0.1) is 0 Å². The zero-order valence-electron chi connectivity index (χ0n) is 14.9. The SMILES string of the molecule is COc1ccccc1N[C@H]1CC(=O)N(c2c(C)cc(C)cc2C)C1=O. The molecule has 0 spiro atoms. The summed E-state index contributed by atoms with van der Waals surface area (Å²) in [6.07, 6.45) is 0.129. The summed E-state index contributed by atoms with van der Waals surface area (Å²) in [7, 11) is 1.58. The molecule has 2 aromatic rings. The van der Waals surface area contributed by atoms with E-state index >= 15 is 0 Å². The highest BCUT2D eigenvalue weighted by molar-refractivity contribution is 6.23. The van der Waals surface area contributed by atoms with Crippen LogP contribution in [0.4, 0.5) is 11.4 Å². The minimum absolute atomic E-state index is 0.129. The summed E-state index contributed by atoms with van der Waals surface area (Å²) >= 11 is 0. The largest absolute Gasteiger partial charge is 0.495 e. The lowest BCUT2D eigenvalue weighted by Gasteiger charge is -2.21. The maximum absolute atomic E-state index is 12.9. The minimum atomic E-state index is -0.594. The molecule has 0 aliphatic carbocycles. The first-order valence-electron chi connectivity index (χ1n) is 8.26. The number of ether oxygens (including phenoxy) is 1. The number of aryl methyl sites for hydroxylation is 3. The molecule has 0 radical (unpaired) electrons. The standard InChI is InChI=1S/C20H22N2O3/c1-12-9-13(2)19(14(3)10-12)22-18(23)11-16(20(22)24)21-15-7-5-6-8-17(15)25-4/h5-10,16,21H,11H2,1-4H3/t16-/m0/s1. The molecule has 0 saturated carbocycles. The van der Waals surface area contributed by atoms with Gasteiger partial charge in [0.15, 0.2) is 0 Å². The van der Waals surface area contributed by atoms with Gasteiger partial charge in [-0.05, 0) is 44.0 Å². The highest BCUT2D eigenvalue weighted by Crippen LogP contribution is 2.33. The first-order valence-corrected chi connectivity index (χ1v) is 8.26. The summed E-state index contributed by atoms with van der Waals surface area (Å²) in [4.78, 5) is 26.8. The second kappa shape index (κ2) is 6.59. The number of nitrogens with one attached hydrogen (secondary N) is 1. The van der Waals surface area contributed by atoms with Crippen molar-refractivity contribution in [2.24, 2.45) is 0 Å². The maximum atomic E-state index is 12.9. The molecule has 0 unspecified atom stereocenters. The van der Waals surface area contributed by atoms with Crippen molar-refractivity contribution in [1.82, 2.24) is 0 Å². The topological polar surface area (TPSA) is 58.6 Å². The van der Waals surface area contributed by atoms with Gasteiger partial charge in [0, 0.05) is 0 Å². The summed E-state index contributed by atoms with van der Waals surface area (Å²) in [6.45, 7) is 5.86. The van der Waals surface area contributed by atoms with Crippen molar-refractivity contribution in [3.63, 3.8) is 0 Å². The summed E-state index contributed by atoms with van der Waals surface area (Å²) < 4.78 is 5.31. The number of carbonyl (C=O) groups excluding carboxylic acids is 2. The van der Waals surface area contributed by atoms with Crippen LogP contribution in [-0.4, -0.2) is 25.0 Å². The Kier molecular flexibility index (Phi) is 4.49. The van der Waals surface area contributed by atoms with Gasteiger partial charge in [0.25, 0.3) is 5.91 Å². The normalized spacial score (nSPS) is 17.1. The van der Waals surface area contributed by atoms with E-state index in [2.05, 4.69) is 5.32 Å². The molecule has 1 heterocycles. The van der Waals surface area contributed by atoms with Crippen molar-refractivity contribution < 1.29 is 14.3 Å². The zero-order chi connectivity index (χ0) is 18.1. The Balaban J connectivity index is 1.91. The number of hydrogen-bond acceptors (Lipinski definition) is 4. The van der Waals surface area contributed by atoms with Gasteiger partial charge >= 0.3 is 0 Å². The molecule has 3 rings (SSSR count). The maximum Gasteiger partial charge on any atom is 0.256 e. The van der Waals surface area contributed by atoms with Crippen molar-refractivity contribution in [2.75, 3.05) is 17.3 Å². The van der Waals surface area contributed by atoms with Gasteiger partial charge in [-0.2, -0.15) is 0 Å². The lowest BCUT2D eigenvalue weighted by atomic mass is 10.0. The van der Waals surface area contributed by atoms with E-state index in [9.17, 15) is 9.59 Å². The molecule has 25 heavy (non-hydrogen) atoms. The van der Waals surface area contributed by atoms with Gasteiger partial charge < -0.3 is 10.1 Å². The van der Waals surface area contributed by atoms with Crippen molar-refractivity contribution in [2.45, 2.75) is 33.2 Å². The molecule has 5 heteroatoms. The van der Waals surface area contributed by atoms with Crippen molar-refractivity contribution in [3.05, 3.63) is 53.1 Å². The number of nitrogens with zero attached hydrogens (tertiary/aromatic N) is 1. The third kappa shape index (κ3) is 3.09. The van der Waals surface area contributed by atoms with Crippen LogP contribution in [0.25, 0.3) is 0 Å². The van der Waals surface area contributed by atoms with Crippen LogP contribution in [0.15, 0.2) is 36.4 Å². The average Bonchev–Trinajstić information content (AvgIpc) is 2.82. The molecule has 5 nitrogen and oxygen atoms in total.